The van der Waals surface area contributed by atoms with Crippen molar-refractivity contribution in [2.75, 3.05) is 26.2 Å². The molecule has 2 aliphatic heterocycles. The Hall–Kier alpha value is -3.10. The summed E-state index contributed by atoms with van der Waals surface area (Å²) >= 11 is 0. The smallest absolute Gasteiger partial charge is 0.416 e. The summed E-state index contributed by atoms with van der Waals surface area (Å²) in [5.41, 5.74) is -0.753. The minimum absolute atomic E-state index is 0.0276. The molecule has 0 N–H and O–H groups in total. The average Bonchev–Trinajstić information content (AvgIpc) is 2.84. The number of nitrogens with zero attached hydrogens (tertiary/aromatic N) is 2. The number of likely N-dealkylation sites (tertiary alicyclic amines) is 2. The summed E-state index contributed by atoms with van der Waals surface area (Å²) in [6.45, 7) is 7.18. The zero-order chi connectivity index (χ0) is 27.7. The van der Waals surface area contributed by atoms with E-state index in [0.717, 1.165) is 11.6 Å². The predicted molar refractivity (Wildman–Crippen MR) is 135 cm³/mol. The Morgan fingerprint density at radius 3 is 2.08 bits per heavy atom. The van der Waals surface area contributed by atoms with Crippen LogP contribution in [0.3, 0.4) is 0 Å². The standard InChI is InChI=1S/C29H34F4N2O3/c1-27(2,3)38-26(37)35-17-14-28(24(19-35)20-8-10-22(30)11-9-20)12-15-34(16-13-28)25(36)18-21-6-4-5-7-23(21)29(31,32)33/h4-11,24H,12-19H2,1-3H3. The molecular weight excluding hydrogens is 500 g/mol. The van der Waals surface area contributed by atoms with Crippen molar-refractivity contribution in [3.05, 3.63) is 71.0 Å². The molecule has 1 atom stereocenters. The zero-order valence-electron chi connectivity index (χ0n) is 22.0. The molecule has 38 heavy (non-hydrogen) atoms. The molecular formula is C29H34F4N2O3. The van der Waals surface area contributed by atoms with Gasteiger partial charge in [-0.15, -0.1) is 0 Å². The van der Waals surface area contributed by atoms with Crippen LogP contribution >= 0.6 is 0 Å². The minimum atomic E-state index is -4.52. The fourth-order valence-corrected chi connectivity index (χ4v) is 5.71. The predicted octanol–water partition coefficient (Wildman–Crippen LogP) is 6.42. The molecule has 2 saturated heterocycles. The molecule has 2 amide bonds. The highest BCUT2D eigenvalue weighted by Crippen LogP contribution is 2.50. The van der Waals surface area contributed by atoms with Gasteiger partial charge in [0.05, 0.1) is 12.0 Å². The molecule has 2 heterocycles. The molecule has 1 spiro atoms. The lowest BCUT2D eigenvalue weighted by molar-refractivity contribution is -0.139. The van der Waals surface area contributed by atoms with Gasteiger partial charge in [-0.25, -0.2) is 9.18 Å². The second-order valence-corrected chi connectivity index (χ2v) is 11.4. The second kappa shape index (κ2) is 10.6. The van der Waals surface area contributed by atoms with Gasteiger partial charge in [0, 0.05) is 32.1 Å². The number of carbonyl (C=O) groups is 2. The Balaban J connectivity index is 1.49. The van der Waals surface area contributed by atoms with Crippen LogP contribution in [0.25, 0.3) is 0 Å². The molecule has 2 fully saturated rings. The molecule has 9 heteroatoms. The van der Waals surface area contributed by atoms with Crippen LogP contribution in [0, 0.1) is 11.2 Å². The Kier molecular flexibility index (Phi) is 7.77. The van der Waals surface area contributed by atoms with Crippen LogP contribution in [0.2, 0.25) is 0 Å². The van der Waals surface area contributed by atoms with Crippen molar-refractivity contribution >= 4 is 12.0 Å². The van der Waals surface area contributed by atoms with Crippen LogP contribution < -0.4 is 0 Å². The Morgan fingerprint density at radius 1 is 0.921 bits per heavy atom. The largest absolute Gasteiger partial charge is 0.444 e. The Labute approximate surface area is 220 Å². The van der Waals surface area contributed by atoms with Gasteiger partial charge in [0.1, 0.15) is 11.4 Å². The van der Waals surface area contributed by atoms with E-state index in [2.05, 4.69) is 0 Å². The van der Waals surface area contributed by atoms with Crippen molar-refractivity contribution in [3.8, 4) is 0 Å². The molecule has 4 rings (SSSR count). The maximum Gasteiger partial charge on any atom is 0.416 e. The van der Waals surface area contributed by atoms with Crippen molar-refractivity contribution in [2.45, 2.75) is 64.1 Å². The van der Waals surface area contributed by atoms with Gasteiger partial charge in [-0.3, -0.25) is 4.79 Å². The SMILES string of the molecule is CC(C)(C)OC(=O)N1CCC2(CCN(C(=O)Cc3ccccc3C(F)(F)F)CC2)C(c2ccc(F)cc2)C1. The number of alkyl halides is 3. The lowest BCUT2D eigenvalue weighted by Gasteiger charge is -2.52. The van der Waals surface area contributed by atoms with Crippen molar-refractivity contribution in [1.29, 1.82) is 0 Å². The van der Waals surface area contributed by atoms with Crippen LogP contribution in [0.1, 0.15) is 62.6 Å². The number of rotatable bonds is 3. The van der Waals surface area contributed by atoms with E-state index in [4.69, 9.17) is 4.74 Å². The molecule has 0 bridgehead atoms. The van der Waals surface area contributed by atoms with Crippen LogP contribution in [0.5, 0.6) is 0 Å². The number of benzene rings is 2. The first kappa shape index (κ1) is 27.9. The molecule has 0 radical (unpaired) electrons. The van der Waals surface area contributed by atoms with Crippen molar-refractivity contribution < 1.29 is 31.9 Å². The van der Waals surface area contributed by atoms with E-state index in [0.29, 0.717) is 45.4 Å². The van der Waals surface area contributed by atoms with Crippen LogP contribution in [0.4, 0.5) is 22.4 Å². The van der Waals surface area contributed by atoms with Crippen molar-refractivity contribution in [1.82, 2.24) is 9.80 Å². The number of hydrogen-bond acceptors (Lipinski definition) is 3. The summed E-state index contributed by atoms with van der Waals surface area (Å²) in [6.07, 6.45) is -3.25. The molecule has 206 valence electrons. The summed E-state index contributed by atoms with van der Waals surface area (Å²) in [4.78, 5) is 29.2. The molecule has 2 aliphatic rings. The van der Waals surface area contributed by atoms with Gasteiger partial charge in [0.15, 0.2) is 0 Å². The van der Waals surface area contributed by atoms with Crippen molar-refractivity contribution in [3.63, 3.8) is 0 Å². The lowest BCUT2D eigenvalue weighted by atomic mass is 9.62. The molecule has 0 aromatic heterocycles. The molecule has 0 saturated carbocycles. The van der Waals surface area contributed by atoms with Crippen LogP contribution in [-0.2, 0) is 22.1 Å². The molecule has 5 nitrogen and oxygen atoms in total. The number of piperidine rings is 2. The third-order valence-electron chi connectivity index (χ3n) is 7.72. The molecule has 0 aliphatic carbocycles. The van der Waals surface area contributed by atoms with Crippen LogP contribution in [-0.4, -0.2) is 53.6 Å². The average molecular weight is 535 g/mol. The van der Waals surface area contributed by atoms with E-state index in [9.17, 15) is 27.2 Å². The zero-order valence-corrected chi connectivity index (χ0v) is 22.0. The summed E-state index contributed by atoms with van der Waals surface area (Å²) < 4.78 is 59.5. The van der Waals surface area contributed by atoms with Gasteiger partial charge in [0.25, 0.3) is 0 Å². The molecule has 2 aromatic carbocycles. The maximum absolute atomic E-state index is 13.7. The van der Waals surface area contributed by atoms with Crippen molar-refractivity contribution in [2.24, 2.45) is 5.41 Å². The third-order valence-corrected chi connectivity index (χ3v) is 7.72. The van der Waals surface area contributed by atoms with Gasteiger partial charge in [-0.1, -0.05) is 30.3 Å². The van der Waals surface area contributed by atoms with Gasteiger partial charge in [-0.2, -0.15) is 13.2 Å². The number of halogens is 4. The third kappa shape index (κ3) is 6.30. The van der Waals surface area contributed by atoms with E-state index in [1.165, 1.54) is 30.3 Å². The van der Waals surface area contributed by atoms with Gasteiger partial charge in [0.2, 0.25) is 5.91 Å². The topological polar surface area (TPSA) is 49.9 Å². The number of carbonyl (C=O) groups excluding carboxylic acids is 2. The fourth-order valence-electron chi connectivity index (χ4n) is 5.71. The van der Waals surface area contributed by atoms with Gasteiger partial charge in [-0.05, 0) is 74.8 Å². The minimum Gasteiger partial charge on any atom is -0.444 e. The summed E-state index contributed by atoms with van der Waals surface area (Å²) in [5, 5.41) is 0. The summed E-state index contributed by atoms with van der Waals surface area (Å²) in [5.74, 6) is -0.768. The first-order chi connectivity index (χ1) is 17.8. The maximum atomic E-state index is 13.7. The normalized spacial score (nSPS) is 19.9. The van der Waals surface area contributed by atoms with E-state index in [-0.39, 0.29) is 35.0 Å². The number of hydrogen-bond donors (Lipinski definition) is 0. The first-order valence-electron chi connectivity index (χ1n) is 12.9. The Bertz CT molecular complexity index is 1150. The molecule has 1 unspecified atom stereocenters. The first-order valence-corrected chi connectivity index (χ1v) is 12.9. The fraction of sp³-hybridized carbons (Fsp3) is 0.517. The summed E-state index contributed by atoms with van der Waals surface area (Å²) in [6, 6.07) is 11.5. The second-order valence-electron chi connectivity index (χ2n) is 11.4. The summed E-state index contributed by atoms with van der Waals surface area (Å²) in [7, 11) is 0. The van der Waals surface area contributed by atoms with E-state index in [1.807, 2.05) is 20.8 Å². The van der Waals surface area contributed by atoms with E-state index < -0.39 is 23.4 Å². The van der Waals surface area contributed by atoms with E-state index >= 15 is 0 Å². The van der Waals surface area contributed by atoms with Crippen LogP contribution in [0.15, 0.2) is 48.5 Å². The quantitative estimate of drug-likeness (QED) is 0.427. The highest BCUT2D eigenvalue weighted by atomic mass is 19.4. The number of amides is 2. The highest BCUT2D eigenvalue weighted by Gasteiger charge is 2.47. The highest BCUT2D eigenvalue weighted by molar-refractivity contribution is 5.79. The number of ether oxygens (including phenoxy) is 1. The van der Waals surface area contributed by atoms with E-state index in [1.54, 1.807) is 21.9 Å². The monoisotopic (exact) mass is 534 g/mol. The molecule has 2 aromatic rings. The van der Waals surface area contributed by atoms with Gasteiger partial charge < -0.3 is 14.5 Å². The Morgan fingerprint density at radius 2 is 1.50 bits per heavy atom. The van der Waals surface area contributed by atoms with Gasteiger partial charge >= 0.3 is 12.3 Å². The lowest BCUT2D eigenvalue weighted by Crippen LogP contribution is -2.54.